The van der Waals surface area contributed by atoms with Gasteiger partial charge in [-0.05, 0) is 41.0 Å². The van der Waals surface area contributed by atoms with Gasteiger partial charge < -0.3 is 0 Å². The van der Waals surface area contributed by atoms with E-state index in [-0.39, 0.29) is 12.2 Å². The molecule has 0 bridgehead atoms. The number of hydroxylamine groups is 2. The molecule has 2 aromatic carbocycles. The predicted molar refractivity (Wildman–Crippen MR) is 97.8 cm³/mol. The van der Waals surface area contributed by atoms with E-state index in [0.29, 0.717) is 15.1 Å². The van der Waals surface area contributed by atoms with Gasteiger partial charge in [0.25, 0.3) is 5.91 Å². The van der Waals surface area contributed by atoms with Crippen molar-refractivity contribution in [1.29, 1.82) is 0 Å². The summed E-state index contributed by atoms with van der Waals surface area (Å²) in [6.45, 7) is 0.0817. The first-order chi connectivity index (χ1) is 12.0. The van der Waals surface area contributed by atoms with Crippen LogP contribution in [0.5, 0.6) is 0 Å². The molecule has 6 heteroatoms. The Morgan fingerprint density at radius 3 is 2.40 bits per heavy atom. The molecule has 4 nitrogen and oxygen atoms in total. The molecule has 0 saturated carbocycles. The van der Waals surface area contributed by atoms with E-state index in [2.05, 4.69) is 4.98 Å². The molecule has 1 amide bonds. The van der Waals surface area contributed by atoms with Crippen molar-refractivity contribution in [3.8, 4) is 11.1 Å². The van der Waals surface area contributed by atoms with Gasteiger partial charge in [0.05, 0.1) is 16.6 Å². The van der Waals surface area contributed by atoms with E-state index in [1.165, 1.54) is 6.20 Å². The van der Waals surface area contributed by atoms with Crippen LogP contribution < -0.4 is 0 Å². The fourth-order valence-corrected chi connectivity index (χ4v) is 2.66. The van der Waals surface area contributed by atoms with E-state index in [1.54, 1.807) is 30.3 Å². The lowest BCUT2D eigenvalue weighted by Crippen LogP contribution is -2.27. The fourth-order valence-electron chi connectivity index (χ4n) is 2.36. The smallest absolute Gasteiger partial charge is 0.285 e. The van der Waals surface area contributed by atoms with Crippen LogP contribution in [-0.4, -0.2) is 21.2 Å². The maximum Gasteiger partial charge on any atom is 0.296 e. The van der Waals surface area contributed by atoms with Gasteiger partial charge in [0.1, 0.15) is 5.69 Å². The highest BCUT2D eigenvalue weighted by Crippen LogP contribution is 2.28. The second-order valence-electron chi connectivity index (χ2n) is 5.41. The van der Waals surface area contributed by atoms with Gasteiger partial charge in [0.2, 0.25) is 0 Å². The number of amides is 1. The van der Waals surface area contributed by atoms with Gasteiger partial charge in [-0.15, -0.1) is 0 Å². The third-order valence-electron chi connectivity index (χ3n) is 3.64. The molecule has 3 rings (SSSR count). The van der Waals surface area contributed by atoms with Crippen LogP contribution in [0.4, 0.5) is 0 Å². The Hall–Kier alpha value is -2.40. The van der Waals surface area contributed by atoms with Gasteiger partial charge in [-0.25, -0.2) is 5.06 Å². The molecule has 0 aliphatic heterocycles. The van der Waals surface area contributed by atoms with Crippen LogP contribution in [0.1, 0.15) is 16.1 Å². The normalized spacial score (nSPS) is 10.5. The van der Waals surface area contributed by atoms with Crippen LogP contribution >= 0.6 is 23.2 Å². The molecule has 3 aromatic rings. The van der Waals surface area contributed by atoms with E-state index < -0.39 is 5.91 Å². The highest BCUT2D eigenvalue weighted by molar-refractivity contribution is 6.42. The number of hydrogen-bond acceptors (Lipinski definition) is 3. The van der Waals surface area contributed by atoms with Gasteiger partial charge in [-0.1, -0.05) is 59.6 Å². The summed E-state index contributed by atoms with van der Waals surface area (Å²) in [6, 6.07) is 17.8. The predicted octanol–water partition coefficient (Wildman–Crippen LogP) is 5.09. The Bertz CT molecular complexity index is 901. The number of carbonyl (C=O) groups is 1. The third kappa shape index (κ3) is 4.17. The summed E-state index contributed by atoms with van der Waals surface area (Å²) in [6.07, 6.45) is 1.52. The zero-order valence-electron chi connectivity index (χ0n) is 13.1. The summed E-state index contributed by atoms with van der Waals surface area (Å²) < 4.78 is 0. The lowest BCUT2D eigenvalue weighted by molar-refractivity contribution is -0.0652. The number of rotatable bonds is 4. The molecule has 25 heavy (non-hydrogen) atoms. The summed E-state index contributed by atoms with van der Waals surface area (Å²) in [7, 11) is 0. The molecule has 0 saturated heterocycles. The van der Waals surface area contributed by atoms with Crippen LogP contribution in [0, 0.1) is 0 Å². The van der Waals surface area contributed by atoms with E-state index in [1.807, 2.05) is 30.3 Å². The van der Waals surface area contributed by atoms with Gasteiger partial charge in [0.15, 0.2) is 0 Å². The molecule has 1 aromatic heterocycles. The van der Waals surface area contributed by atoms with Crippen molar-refractivity contribution in [2.24, 2.45) is 0 Å². The fraction of sp³-hybridized carbons (Fsp3) is 0.0526. The minimum absolute atomic E-state index is 0.0817. The van der Waals surface area contributed by atoms with Crippen LogP contribution in [0.2, 0.25) is 10.0 Å². The molecule has 0 aliphatic rings. The molecule has 0 aliphatic carbocycles. The lowest BCUT2D eigenvalue weighted by Gasteiger charge is -2.15. The zero-order valence-corrected chi connectivity index (χ0v) is 14.6. The first-order valence-electron chi connectivity index (χ1n) is 7.51. The van der Waals surface area contributed by atoms with E-state index >= 15 is 0 Å². The number of halogens is 2. The maximum atomic E-state index is 12.4. The van der Waals surface area contributed by atoms with Crippen molar-refractivity contribution in [3.63, 3.8) is 0 Å². The topological polar surface area (TPSA) is 53.4 Å². The van der Waals surface area contributed by atoms with Crippen LogP contribution in [0.25, 0.3) is 11.1 Å². The summed E-state index contributed by atoms with van der Waals surface area (Å²) in [5.41, 5.74) is 2.52. The number of benzene rings is 2. The first-order valence-corrected chi connectivity index (χ1v) is 8.26. The second kappa shape index (κ2) is 7.66. The van der Waals surface area contributed by atoms with E-state index in [9.17, 15) is 10.0 Å². The van der Waals surface area contributed by atoms with Gasteiger partial charge in [-0.3, -0.25) is 15.0 Å². The second-order valence-corrected chi connectivity index (χ2v) is 6.22. The van der Waals surface area contributed by atoms with Gasteiger partial charge in [0, 0.05) is 6.20 Å². The SMILES string of the molecule is O=C(c1cc(-c2ccc(Cl)c(Cl)c2)ccn1)N(O)Cc1ccccc1. The molecular weight excluding hydrogens is 359 g/mol. The Balaban J connectivity index is 1.83. The quantitative estimate of drug-likeness (QED) is 0.512. The molecule has 0 fully saturated rings. The highest BCUT2D eigenvalue weighted by atomic mass is 35.5. The number of carbonyl (C=O) groups excluding carboxylic acids is 1. The lowest BCUT2D eigenvalue weighted by atomic mass is 10.1. The summed E-state index contributed by atoms with van der Waals surface area (Å²) in [5, 5.41) is 11.6. The molecule has 0 unspecified atom stereocenters. The number of pyridine rings is 1. The highest BCUT2D eigenvalue weighted by Gasteiger charge is 2.16. The van der Waals surface area contributed by atoms with Gasteiger partial charge >= 0.3 is 0 Å². The first kappa shape index (κ1) is 17.4. The average molecular weight is 373 g/mol. The molecule has 1 heterocycles. The number of nitrogens with zero attached hydrogens (tertiary/aromatic N) is 2. The molecular formula is C19H14Cl2N2O2. The average Bonchev–Trinajstić information content (AvgIpc) is 2.64. The molecule has 0 spiro atoms. The Labute approximate surface area is 155 Å². The Morgan fingerprint density at radius 2 is 1.68 bits per heavy atom. The minimum Gasteiger partial charge on any atom is -0.285 e. The van der Waals surface area contributed by atoms with Crippen molar-refractivity contribution in [3.05, 3.63) is 88.2 Å². The van der Waals surface area contributed by atoms with E-state index in [0.717, 1.165) is 16.7 Å². The molecule has 126 valence electrons. The van der Waals surface area contributed by atoms with Crippen molar-refractivity contribution >= 4 is 29.1 Å². The molecule has 0 radical (unpaired) electrons. The van der Waals surface area contributed by atoms with E-state index in [4.69, 9.17) is 23.2 Å². The zero-order chi connectivity index (χ0) is 17.8. The molecule has 1 N–H and O–H groups in total. The van der Waals surface area contributed by atoms with Crippen molar-refractivity contribution < 1.29 is 10.0 Å². The van der Waals surface area contributed by atoms with Crippen LogP contribution in [0.3, 0.4) is 0 Å². The summed E-state index contributed by atoms with van der Waals surface area (Å²) in [4.78, 5) is 16.5. The Morgan fingerprint density at radius 1 is 0.960 bits per heavy atom. The standard InChI is InChI=1S/C19H14Cl2N2O2/c20-16-7-6-14(10-17(16)21)15-8-9-22-18(11-15)19(24)23(25)12-13-4-2-1-3-5-13/h1-11,25H,12H2. The van der Waals surface area contributed by atoms with Crippen LogP contribution in [0.15, 0.2) is 66.9 Å². The minimum atomic E-state index is -0.578. The van der Waals surface area contributed by atoms with Crippen LogP contribution in [-0.2, 0) is 6.54 Å². The van der Waals surface area contributed by atoms with Crippen molar-refractivity contribution in [1.82, 2.24) is 10.0 Å². The summed E-state index contributed by atoms with van der Waals surface area (Å²) in [5.74, 6) is -0.578. The largest absolute Gasteiger partial charge is 0.296 e. The monoisotopic (exact) mass is 372 g/mol. The Kier molecular flexibility index (Phi) is 5.34. The van der Waals surface area contributed by atoms with Crippen molar-refractivity contribution in [2.45, 2.75) is 6.54 Å². The number of hydrogen-bond donors (Lipinski definition) is 1. The summed E-state index contributed by atoms with van der Waals surface area (Å²) >= 11 is 12.0. The number of aromatic nitrogens is 1. The van der Waals surface area contributed by atoms with Crippen molar-refractivity contribution in [2.75, 3.05) is 0 Å². The maximum absolute atomic E-state index is 12.4. The molecule has 0 atom stereocenters. The third-order valence-corrected chi connectivity index (χ3v) is 4.38. The van der Waals surface area contributed by atoms with Gasteiger partial charge in [-0.2, -0.15) is 0 Å².